The number of rotatable bonds is 7. The van der Waals surface area contributed by atoms with E-state index in [1.165, 1.54) is 11.8 Å². The lowest BCUT2D eigenvalue weighted by Gasteiger charge is -2.43. The Morgan fingerprint density at radius 3 is 2.35 bits per heavy atom. The van der Waals surface area contributed by atoms with E-state index in [1.54, 1.807) is 0 Å². The van der Waals surface area contributed by atoms with Gasteiger partial charge in [0, 0.05) is 10.5 Å². The molecule has 2 heterocycles. The third kappa shape index (κ3) is 5.05. The molecule has 2 aliphatic rings. The Bertz CT molecular complexity index is 1470. The smallest absolute Gasteiger partial charge is 0.349 e. The number of ether oxygens (including phenoxy) is 2. The molecule has 0 fully saturated rings. The van der Waals surface area contributed by atoms with Gasteiger partial charge in [0.25, 0.3) is 0 Å². The summed E-state index contributed by atoms with van der Waals surface area (Å²) in [7, 11) is 0. The number of aryl methyl sites for hydroxylation is 1. The number of benzene rings is 3. The molecule has 0 spiro atoms. The van der Waals surface area contributed by atoms with E-state index in [4.69, 9.17) is 14.5 Å². The number of esters is 1. The van der Waals surface area contributed by atoms with Crippen LogP contribution in [0.25, 0.3) is 0 Å². The Morgan fingerprint density at radius 1 is 1.05 bits per heavy atom. The highest BCUT2D eigenvalue weighted by atomic mass is 32.2. The van der Waals surface area contributed by atoms with Gasteiger partial charge in [0.1, 0.15) is 23.4 Å². The number of carbonyl (C=O) groups excluding carboxylic acids is 1. The number of hydrogen-bond acceptors (Lipinski definition) is 6. The van der Waals surface area contributed by atoms with E-state index in [-0.39, 0.29) is 22.1 Å². The van der Waals surface area contributed by atoms with Crippen LogP contribution >= 0.6 is 11.8 Å². The first-order valence-corrected chi connectivity index (χ1v) is 14.7. The minimum Gasteiger partial charge on any atom is -0.510 e. The summed E-state index contributed by atoms with van der Waals surface area (Å²) in [6.45, 7) is 12.9. The van der Waals surface area contributed by atoms with Crippen LogP contribution in [0.5, 0.6) is 0 Å². The van der Waals surface area contributed by atoms with Crippen molar-refractivity contribution in [1.82, 2.24) is 0 Å². The SMILES string of the molecule is CCC1(c2ccc(C3=NC(C)(C)CO3)cc2)C(O)=C(Sc2cc(C)ccc2C(C)C)C(=O)OC1c1ccccc1. The molecule has 6 heteroatoms. The van der Waals surface area contributed by atoms with Gasteiger partial charge in [-0.1, -0.05) is 87.1 Å². The summed E-state index contributed by atoms with van der Waals surface area (Å²) < 4.78 is 12.1. The van der Waals surface area contributed by atoms with Crippen LogP contribution in [0.3, 0.4) is 0 Å². The first-order chi connectivity index (χ1) is 19.1. The maximum Gasteiger partial charge on any atom is 0.349 e. The normalized spacial score (nSPS) is 22.2. The summed E-state index contributed by atoms with van der Waals surface area (Å²) in [4.78, 5) is 19.5. The van der Waals surface area contributed by atoms with E-state index in [0.717, 1.165) is 32.7 Å². The van der Waals surface area contributed by atoms with Crippen molar-refractivity contribution in [2.75, 3.05) is 6.61 Å². The fraction of sp³-hybridized carbons (Fsp3) is 0.353. The minimum absolute atomic E-state index is 0.0460. The van der Waals surface area contributed by atoms with Crippen molar-refractivity contribution < 1.29 is 19.4 Å². The molecule has 0 saturated carbocycles. The fourth-order valence-corrected chi connectivity index (χ4v) is 6.86. The Balaban J connectivity index is 1.66. The number of aliphatic imine (C=N–C) groups is 1. The molecule has 3 aromatic carbocycles. The average Bonchev–Trinajstić information content (AvgIpc) is 3.31. The van der Waals surface area contributed by atoms with E-state index in [1.807, 2.05) is 82.3 Å². The second kappa shape index (κ2) is 10.8. The van der Waals surface area contributed by atoms with Crippen LogP contribution in [0, 0.1) is 6.92 Å². The zero-order valence-electron chi connectivity index (χ0n) is 24.0. The molecular formula is C34H37NO4S. The molecule has 3 aromatic rings. The minimum atomic E-state index is -0.977. The average molecular weight is 556 g/mol. The van der Waals surface area contributed by atoms with Gasteiger partial charge in [-0.25, -0.2) is 9.79 Å². The molecule has 5 rings (SSSR count). The molecule has 0 bridgehead atoms. The fourth-order valence-electron chi connectivity index (χ4n) is 5.56. The van der Waals surface area contributed by atoms with E-state index in [0.29, 0.717) is 18.9 Å². The van der Waals surface area contributed by atoms with Crippen LogP contribution < -0.4 is 0 Å². The van der Waals surface area contributed by atoms with E-state index < -0.39 is 17.5 Å². The van der Waals surface area contributed by atoms with Crippen LogP contribution in [-0.2, 0) is 19.7 Å². The summed E-state index contributed by atoms with van der Waals surface area (Å²) in [6.07, 6.45) is -0.174. The molecule has 5 nitrogen and oxygen atoms in total. The van der Waals surface area contributed by atoms with E-state index in [9.17, 15) is 9.90 Å². The molecule has 2 aliphatic heterocycles. The van der Waals surface area contributed by atoms with Gasteiger partial charge in [0.2, 0.25) is 5.90 Å². The van der Waals surface area contributed by atoms with Crippen molar-refractivity contribution in [3.05, 3.63) is 111 Å². The Labute approximate surface area is 241 Å². The topological polar surface area (TPSA) is 68.1 Å². The maximum atomic E-state index is 13.6. The second-order valence-electron chi connectivity index (χ2n) is 11.6. The zero-order valence-corrected chi connectivity index (χ0v) is 24.8. The molecule has 0 radical (unpaired) electrons. The summed E-state index contributed by atoms with van der Waals surface area (Å²) in [5.74, 6) is 0.416. The second-order valence-corrected chi connectivity index (χ2v) is 12.6. The monoisotopic (exact) mass is 555 g/mol. The van der Waals surface area contributed by atoms with Crippen LogP contribution in [0.2, 0.25) is 0 Å². The van der Waals surface area contributed by atoms with Gasteiger partial charge in [-0.3, -0.25) is 0 Å². The molecule has 208 valence electrons. The van der Waals surface area contributed by atoms with Crippen LogP contribution in [0.15, 0.2) is 93.3 Å². The van der Waals surface area contributed by atoms with Crippen molar-refractivity contribution in [3.8, 4) is 0 Å². The highest BCUT2D eigenvalue weighted by Gasteiger charge is 2.52. The van der Waals surface area contributed by atoms with Crippen molar-refractivity contribution in [1.29, 1.82) is 0 Å². The van der Waals surface area contributed by atoms with E-state index in [2.05, 4.69) is 32.0 Å². The number of aliphatic hydroxyl groups excluding tert-OH is 1. The number of cyclic esters (lactones) is 1. The summed E-state index contributed by atoms with van der Waals surface area (Å²) in [5, 5.41) is 12.2. The molecule has 2 atom stereocenters. The van der Waals surface area contributed by atoms with Crippen LogP contribution in [0.1, 0.15) is 80.9 Å². The Morgan fingerprint density at radius 2 is 1.75 bits per heavy atom. The summed E-state index contributed by atoms with van der Waals surface area (Å²) >= 11 is 1.30. The number of hydrogen-bond donors (Lipinski definition) is 1. The molecule has 0 saturated heterocycles. The number of aliphatic hydroxyl groups is 1. The van der Waals surface area contributed by atoms with E-state index >= 15 is 0 Å². The third-order valence-electron chi connectivity index (χ3n) is 7.77. The first-order valence-electron chi connectivity index (χ1n) is 13.9. The lowest BCUT2D eigenvalue weighted by Crippen LogP contribution is -2.43. The number of thioether (sulfide) groups is 1. The molecular weight excluding hydrogens is 518 g/mol. The largest absolute Gasteiger partial charge is 0.510 e. The predicted octanol–water partition coefficient (Wildman–Crippen LogP) is 8.18. The van der Waals surface area contributed by atoms with Gasteiger partial charge < -0.3 is 14.6 Å². The highest BCUT2D eigenvalue weighted by Crippen LogP contribution is 2.54. The summed E-state index contributed by atoms with van der Waals surface area (Å²) in [5.41, 5.74) is 3.56. The number of carbonyl (C=O) groups is 1. The highest BCUT2D eigenvalue weighted by molar-refractivity contribution is 8.04. The van der Waals surface area contributed by atoms with Crippen molar-refractivity contribution in [3.63, 3.8) is 0 Å². The standard InChI is InChI=1S/C34H37NO4S/c1-7-34(25-16-14-24(15-17-25)31-35-33(5,6)20-38-31)29(36)28(32(37)39-30(34)23-11-9-8-10-12-23)40-27-19-22(4)13-18-26(27)21(2)3/h8-19,21,30,36H,7,20H2,1-6H3. The van der Waals surface area contributed by atoms with Crippen LogP contribution in [0.4, 0.5) is 0 Å². The Kier molecular flexibility index (Phi) is 7.58. The van der Waals surface area contributed by atoms with Crippen molar-refractivity contribution in [2.24, 2.45) is 4.99 Å². The van der Waals surface area contributed by atoms with Gasteiger partial charge in [-0.15, -0.1) is 0 Å². The lowest BCUT2D eigenvalue weighted by molar-refractivity contribution is -0.151. The molecule has 40 heavy (non-hydrogen) atoms. The van der Waals surface area contributed by atoms with Gasteiger partial charge in [-0.2, -0.15) is 0 Å². The third-order valence-corrected chi connectivity index (χ3v) is 8.91. The van der Waals surface area contributed by atoms with Gasteiger partial charge >= 0.3 is 5.97 Å². The van der Waals surface area contributed by atoms with Crippen LogP contribution in [-0.4, -0.2) is 29.1 Å². The maximum absolute atomic E-state index is 13.6. The summed E-state index contributed by atoms with van der Waals surface area (Å²) in [6, 6.07) is 23.9. The molecule has 0 amide bonds. The van der Waals surface area contributed by atoms with Gasteiger partial charge in [0.05, 0.1) is 11.0 Å². The number of nitrogens with zero attached hydrogens (tertiary/aromatic N) is 1. The molecule has 0 aliphatic carbocycles. The van der Waals surface area contributed by atoms with Crippen molar-refractivity contribution >= 4 is 23.6 Å². The van der Waals surface area contributed by atoms with Gasteiger partial charge in [-0.05, 0) is 73.6 Å². The quantitative estimate of drug-likeness (QED) is 0.298. The molecule has 2 unspecified atom stereocenters. The van der Waals surface area contributed by atoms with Crippen molar-refractivity contribution in [2.45, 2.75) is 75.8 Å². The van der Waals surface area contributed by atoms with Gasteiger partial charge in [0.15, 0.2) is 0 Å². The lowest BCUT2D eigenvalue weighted by atomic mass is 9.68. The zero-order chi connectivity index (χ0) is 28.7. The first kappa shape index (κ1) is 28.0. The Hall–Kier alpha value is -3.51. The predicted molar refractivity (Wildman–Crippen MR) is 161 cm³/mol. The molecule has 0 aromatic heterocycles. The molecule has 1 N–H and O–H groups in total.